The van der Waals surface area contributed by atoms with E-state index in [0.717, 1.165) is 17.7 Å². The smallest absolute Gasteiger partial charge is 0.159 e. The van der Waals surface area contributed by atoms with Crippen LogP contribution in [0.4, 0.5) is 14.6 Å². The summed E-state index contributed by atoms with van der Waals surface area (Å²) in [6, 6.07) is 7.40. The number of hydrogen-bond acceptors (Lipinski definition) is 2. The summed E-state index contributed by atoms with van der Waals surface area (Å²) >= 11 is 0. The third kappa shape index (κ3) is 1.74. The Hall–Kier alpha value is -2.43. The number of fused-ring (bicyclic) bond motifs is 1. The van der Waals surface area contributed by atoms with Crippen LogP contribution in [0.3, 0.4) is 0 Å². The quantitative estimate of drug-likeness (QED) is 0.729. The highest BCUT2D eigenvalue weighted by molar-refractivity contribution is 5.75. The average molecular weight is 259 g/mol. The van der Waals surface area contributed by atoms with Crippen LogP contribution >= 0.6 is 0 Å². The van der Waals surface area contributed by atoms with Crippen molar-refractivity contribution in [3.8, 4) is 11.3 Å². The number of aromatic nitrogens is 2. The maximum Gasteiger partial charge on any atom is 0.159 e. The van der Waals surface area contributed by atoms with Crippen LogP contribution in [0, 0.1) is 18.6 Å². The fourth-order valence-corrected chi connectivity index (χ4v) is 2.08. The lowest BCUT2D eigenvalue weighted by Crippen LogP contribution is -1.94. The first-order valence-electron chi connectivity index (χ1n) is 5.76. The molecule has 0 saturated heterocycles. The Morgan fingerprint density at radius 1 is 1.16 bits per heavy atom. The molecule has 5 heteroatoms. The van der Waals surface area contributed by atoms with E-state index in [9.17, 15) is 8.78 Å². The van der Waals surface area contributed by atoms with Crippen molar-refractivity contribution in [2.24, 2.45) is 0 Å². The van der Waals surface area contributed by atoms with Gasteiger partial charge in [0, 0.05) is 11.8 Å². The van der Waals surface area contributed by atoms with Crippen molar-refractivity contribution in [1.82, 2.24) is 9.38 Å². The maximum absolute atomic E-state index is 13.3. The minimum Gasteiger partial charge on any atom is -0.383 e. The largest absolute Gasteiger partial charge is 0.383 e. The second kappa shape index (κ2) is 4.05. The summed E-state index contributed by atoms with van der Waals surface area (Å²) in [5.41, 5.74) is 8.59. The lowest BCUT2D eigenvalue weighted by Gasteiger charge is -2.00. The molecule has 0 unspecified atom stereocenters. The van der Waals surface area contributed by atoms with Gasteiger partial charge in [-0.05, 0) is 36.8 Å². The zero-order chi connectivity index (χ0) is 13.6. The van der Waals surface area contributed by atoms with E-state index in [2.05, 4.69) is 4.98 Å². The van der Waals surface area contributed by atoms with Gasteiger partial charge in [0.2, 0.25) is 0 Å². The van der Waals surface area contributed by atoms with Crippen LogP contribution in [-0.4, -0.2) is 9.38 Å². The molecule has 96 valence electrons. The molecule has 3 nitrogen and oxygen atoms in total. The van der Waals surface area contributed by atoms with Crippen LogP contribution in [0.2, 0.25) is 0 Å². The number of aryl methyl sites for hydroxylation is 1. The molecule has 0 aliphatic rings. The molecule has 1 aromatic carbocycles. The summed E-state index contributed by atoms with van der Waals surface area (Å²) in [5, 5.41) is 0. The van der Waals surface area contributed by atoms with E-state index in [-0.39, 0.29) is 0 Å². The van der Waals surface area contributed by atoms with Gasteiger partial charge in [0.25, 0.3) is 0 Å². The molecule has 0 aliphatic carbocycles. The van der Waals surface area contributed by atoms with Crippen LogP contribution in [-0.2, 0) is 0 Å². The molecule has 0 radical (unpaired) electrons. The number of nitrogens with two attached hydrogens (primary N) is 1. The number of anilines is 1. The topological polar surface area (TPSA) is 43.3 Å². The zero-order valence-corrected chi connectivity index (χ0v) is 10.2. The summed E-state index contributed by atoms with van der Waals surface area (Å²) in [6.45, 7) is 1.91. The normalized spacial score (nSPS) is 11.1. The average Bonchev–Trinajstić information content (AvgIpc) is 2.72. The van der Waals surface area contributed by atoms with Crippen LogP contribution in [0.5, 0.6) is 0 Å². The number of imidazole rings is 1. The number of pyridine rings is 1. The number of benzene rings is 1. The van der Waals surface area contributed by atoms with Gasteiger partial charge in [0.15, 0.2) is 11.6 Å². The molecule has 19 heavy (non-hydrogen) atoms. The summed E-state index contributed by atoms with van der Waals surface area (Å²) in [5.74, 6) is -1.39. The van der Waals surface area contributed by atoms with E-state index in [4.69, 9.17) is 5.73 Å². The van der Waals surface area contributed by atoms with Gasteiger partial charge in [-0.25, -0.2) is 13.8 Å². The molecule has 0 fully saturated rings. The molecule has 2 aromatic heterocycles. The monoisotopic (exact) mass is 259 g/mol. The van der Waals surface area contributed by atoms with Crippen molar-refractivity contribution in [2.45, 2.75) is 6.92 Å². The van der Waals surface area contributed by atoms with Crippen LogP contribution in [0.1, 0.15) is 5.56 Å². The minimum absolute atomic E-state index is 0.407. The Morgan fingerprint density at radius 2 is 1.95 bits per heavy atom. The van der Waals surface area contributed by atoms with Crippen LogP contribution in [0.15, 0.2) is 36.5 Å². The highest BCUT2D eigenvalue weighted by Gasteiger charge is 2.14. The summed E-state index contributed by atoms with van der Waals surface area (Å²) in [4.78, 5) is 4.40. The third-order valence-electron chi connectivity index (χ3n) is 3.08. The van der Waals surface area contributed by atoms with Gasteiger partial charge in [0.05, 0.1) is 0 Å². The third-order valence-corrected chi connectivity index (χ3v) is 3.08. The van der Waals surface area contributed by atoms with Gasteiger partial charge in [0.1, 0.15) is 17.2 Å². The Kier molecular flexibility index (Phi) is 2.48. The van der Waals surface area contributed by atoms with Gasteiger partial charge >= 0.3 is 0 Å². The molecule has 3 aromatic rings. The Bertz CT molecular complexity index is 778. The predicted molar refractivity (Wildman–Crippen MR) is 69.7 cm³/mol. The maximum atomic E-state index is 13.3. The summed E-state index contributed by atoms with van der Waals surface area (Å²) in [6.07, 6.45) is 1.79. The summed E-state index contributed by atoms with van der Waals surface area (Å²) < 4.78 is 28.0. The number of nitrogen functional groups attached to an aromatic ring is 1. The lowest BCUT2D eigenvalue weighted by atomic mass is 10.1. The highest BCUT2D eigenvalue weighted by atomic mass is 19.2. The lowest BCUT2D eigenvalue weighted by molar-refractivity contribution is 0.509. The molecular weight excluding hydrogens is 248 g/mol. The Morgan fingerprint density at radius 3 is 2.63 bits per heavy atom. The molecule has 0 aliphatic heterocycles. The molecule has 0 spiro atoms. The van der Waals surface area contributed by atoms with E-state index in [1.54, 1.807) is 10.6 Å². The van der Waals surface area contributed by atoms with Crippen molar-refractivity contribution >= 4 is 11.5 Å². The molecule has 3 rings (SSSR count). The standard InChI is InChI=1S/C14H11F2N3/c1-8-3-2-6-19-13(17)12(18-14(8)19)9-4-5-10(15)11(16)7-9/h2-7H,17H2,1H3. The molecule has 0 bridgehead atoms. The fourth-order valence-electron chi connectivity index (χ4n) is 2.08. The molecular formula is C14H11F2N3. The number of halogens is 2. The van der Waals surface area contributed by atoms with Gasteiger partial charge in [-0.15, -0.1) is 0 Å². The van der Waals surface area contributed by atoms with Crippen molar-refractivity contribution in [2.75, 3.05) is 5.73 Å². The SMILES string of the molecule is Cc1cccn2c(N)c(-c3ccc(F)c(F)c3)nc12. The van der Waals surface area contributed by atoms with Gasteiger partial charge in [-0.2, -0.15) is 0 Å². The fraction of sp³-hybridized carbons (Fsp3) is 0.0714. The van der Waals surface area contributed by atoms with E-state index in [1.807, 2.05) is 19.1 Å². The van der Waals surface area contributed by atoms with Gasteiger partial charge in [-0.3, -0.25) is 4.40 Å². The first kappa shape index (κ1) is 11.6. The molecule has 0 amide bonds. The molecule has 2 heterocycles. The second-order valence-corrected chi connectivity index (χ2v) is 4.36. The van der Waals surface area contributed by atoms with E-state index >= 15 is 0 Å². The van der Waals surface area contributed by atoms with Gasteiger partial charge < -0.3 is 5.73 Å². The van der Waals surface area contributed by atoms with E-state index in [1.165, 1.54) is 6.07 Å². The van der Waals surface area contributed by atoms with Gasteiger partial charge in [-0.1, -0.05) is 6.07 Å². The first-order chi connectivity index (χ1) is 9.08. The predicted octanol–water partition coefficient (Wildman–Crippen LogP) is 3.17. The molecule has 0 atom stereocenters. The number of hydrogen-bond donors (Lipinski definition) is 1. The van der Waals surface area contributed by atoms with E-state index in [0.29, 0.717) is 22.7 Å². The number of nitrogens with zero attached hydrogens (tertiary/aromatic N) is 2. The minimum atomic E-state index is -0.911. The highest BCUT2D eigenvalue weighted by Crippen LogP contribution is 2.28. The molecule has 0 saturated carbocycles. The van der Waals surface area contributed by atoms with Crippen LogP contribution < -0.4 is 5.73 Å². The Balaban J connectivity index is 2.28. The van der Waals surface area contributed by atoms with Crippen molar-refractivity contribution < 1.29 is 8.78 Å². The zero-order valence-electron chi connectivity index (χ0n) is 10.2. The number of rotatable bonds is 1. The molecule has 2 N–H and O–H groups in total. The first-order valence-corrected chi connectivity index (χ1v) is 5.76. The van der Waals surface area contributed by atoms with E-state index < -0.39 is 11.6 Å². The van der Waals surface area contributed by atoms with Crippen molar-refractivity contribution in [3.05, 3.63) is 53.7 Å². The van der Waals surface area contributed by atoms with Crippen molar-refractivity contribution in [3.63, 3.8) is 0 Å². The summed E-state index contributed by atoms with van der Waals surface area (Å²) in [7, 11) is 0. The second-order valence-electron chi connectivity index (χ2n) is 4.36. The Labute approximate surface area is 108 Å². The van der Waals surface area contributed by atoms with Crippen LogP contribution in [0.25, 0.3) is 16.9 Å². The van der Waals surface area contributed by atoms with Crippen molar-refractivity contribution in [1.29, 1.82) is 0 Å².